The lowest BCUT2D eigenvalue weighted by Crippen LogP contribution is -2.39. The molecule has 8 heteroatoms. The normalized spacial score (nSPS) is 10.2. The Bertz CT molecular complexity index is 469. The third kappa shape index (κ3) is 5.36. The lowest BCUT2D eigenvalue weighted by molar-refractivity contribution is -0.319. The molecule has 0 amide bonds. The Morgan fingerprint density at radius 1 is 1.25 bits per heavy atom. The van der Waals surface area contributed by atoms with Gasteiger partial charge in [-0.05, 0) is 30.7 Å². The van der Waals surface area contributed by atoms with E-state index in [1.807, 2.05) is 6.92 Å². The molecule has 0 aliphatic carbocycles. The van der Waals surface area contributed by atoms with Gasteiger partial charge in [0.15, 0.2) is 5.34 Å². The fourth-order valence-corrected chi connectivity index (χ4v) is 1.69. The first-order chi connectivity index (χ1) is 9.43. The maximum absolute atomic E-state index is 11.5. The van der Waals surface area contributed by atoms with E-state index >= 15 is 0 Å². The molecule has 0 bridgehead atoms. The molecule has 1 aromatic rings. The van der Waals surface area contributed by atoms with Crippen LogP contribution < -0.4 is 4.03 Å². The maximum Gasteiger partial charge on any atom is 0.331 e. The predicted octanol–water partition coefficient (Wildman–Crippen LogP) is 3.41. The van der Waals surface area contributed by atoms with Crippen molar-refractivity contribution in [1.82, 2.24) is 5.34 Å². The quantitative estimate of drug-likeness (QED) is 0.569. The predicted molar refractivity (Wildman–Crippen MR) is 77.5 cm³/mol. The van der Waals surface area contributed by atoms with Crippen LogP contribution in [0.4, 0.5) is 5.69 Å². The van der Waals surface area contributed by atoms with Crippen molar-refractivity contribution in [2.45, 2.75) is 26.7 Å². The van der Waals surface area contributed by atoms with Crippen LogP contribution in [0.15, 0.2) is 24.3 Å². The first-order valence-electron chi connectivity index (χ1n) is 5.85. The third-order valence-corrected chi connectivity index (χ3v) is 2.94. The lowest BCUT2D eigenvalue weighted by Gasteiger charge is -2.26. The summed E-state index contributed by atoms with van der Waals surface area (Å²) in [6.07, 6.45) is 0.829. The van der Waals surface area contributed by atoms with Crippen LogP contribution in [0.5, 0.6) is 0 Å². The Kier molecular flexibility index (Phi) is 6.77. The van der Waals surface area contributed by atoms with Crippen LogP contribution in [-0.4, -0.2) is 17.3 Å². The minimum absolute atomic E-state index is 0.208. The molecule has 0 spiro atoms. The van der Waals surface area contributed by atoms with Gasteiger partial charge in [-0.25, -0.2) is 0 Å². The van der Waals surface area contributed by atoms with Crippen LogP contribution in [0.25, 0.3) is 0 Å². The Labute approximate surface area is 130 Å². The van der Waals surface area contributed by atoms with Gasteiger partial charge >= 0.3 is 11.9 Å². The fourth-order valence-electron chi connectivity index (χ4n) is 1.20. The number of hydrogen-bond acceptors (Lipinski definition) is 6. The van der Waals surface area contributed by atoms with E-state index in [1.54, 1.807) is 24.3 Å². The molecule has 20 heavy (non-hydrogen) atoms. The summed E-state index contributed by atoms with van der Waals surface area (Å²) < 4.78 is 1.19. The van der Waals surface area contributed by atoms with Crippen molar-refractivity contribution in [3.63, 3.8) is 0 Å². The van der Waals surface area contributed by atoms with Gasteiger partial charge < -0.3 is 9.68 Å². The first-order valence-corrected chi connectivity index (χ1v) is 6.93. The molecule has 1 aromatic carbocycles. The highest BCUT2D eigenvalue weighted by atomic mass is 79.9. The van der Waals surface area contributed by atoms with Gasteiger partial charge in [0.2, 0.25) is 0 Å². The molecule has 0 radical (unpaired) electrons. The molecule has 0 fully saturated rings. The molecule has 110 valence electrons. The second kappa shape index (κ2) is 8.08. The average Bonchev–Trinajstić information content (AvgIpc) is 2.38. The van der Waals surface area contributed by atoms with Crippen LogP contribution in [0, 0.1) is 0 Å². The monoisotopic (exact) mass is 364 g/mol. The van der Waals surface area contributed by atoms with Gasteiger partial charge in [0, 0.05) is 18.4 Å². The van der Waals surface area contributed by atoms with Crippen LogP contribution >= 0.6 is 27.7 Å². The largest absolute Gasteiger partial charge is 0.331 e. The van der Waals surface area contributed by atoms with Crippen molar-refractivity contribution < 1.29 is 19.3 Å². The molecule has 0 saturated carbocycles. The molecule has 1 rings (SSSR count). The van der Waals surface area contributed by atoms with E-state index in [0.717, 1.165) is 0 Å². The Balaban J connectivity index is 2.83. The minimum Gasteiger partial charge on any atom is -0.314 e. The SMILES string of the molecule is CCCC(=O)ON(OC(C)=O)N(Br)c1ccc(Cl)cc1. The molecule has 0 atom stereocenters. The minimum atomic E-state index is -0.632. The second-order valence-electron chi connectivity index (χ2n) is 3.77. The molecule has 0 heterocycles. The van der Waals surface area contributed by atoms with Crippen molar-refractivity contribution in [2.24, 2.45) is 0 Å². The summed E-state index contributed by atoms with van der Waals surface area (Å²) in [5.41, 5.74) is 0.556. The van der Waals surface area contributed by atoms with E-state index in [-0.39, 0.29) is 6.42 Å². The van der Waals surface area contributed by atoms with E-state index in [9.17, 15) is 9.59 Å². The van der Waals surface area contributed by atoms with Crippen LogP contribution in [0.1, 0.15) is 26.7 Å². The summed E-state index contributed by atoms with van der Waals surface area (Å²) in [5.74, 6) is -1.15. The highest BCUT2D eigenvalue weighted by molar-refractivity contribution is 9.10. The number of anilines is 1. The zero-order chi connectivity index (χ0) is 15.1. The van der Waals surface area contributed by atoms with E-state index in [1.165, 1.54) is 11.0 Å². The van der Waals surface area contributed by atoms with Crippen LogP contribution in [0.3, 0.4) is 0 Å². The van der Waals surface area contributed by atoms with E-state index in [4.69, 9.17) is 21.3 Å². The van der Waals surface area contributed by atoms with Crippen molar-refractivity contribution >= 4 is 45.4 Å². The molecule has 0 unspecified atom stereocenters. The number of carbonyl (C=O) groups excluding carboxylic acids is 2. The zero-order valence-corrected chi connectivity index (χ0v) is 13.3. The van der Waals surface area contributed by atoms with Crippen LogP contribution in [0.2, 0.25) is 5.02 Å². The summed E-state index contributed by atoms with van der Waals surface area (Å²) in [4.78, 5) is 32.3. The Morgan fingerprint density at radius 2 is 1.85 bits per heavy atom. The molecule has 0 saturated heterocycles. The highest BCUT2D eigenvalue weighted by Crippen LogP contribution is 2.23. The van der Waals surface area contributed by atoms with Crippen LogP contribution in [-0.2, 0) is 19.3 Å². The van der Waals surface area contributed by atoms with Gasteiger partial charge in [-0.3, -0.25) is 9.59 Å². The van der Waals surface area contributed by atoms with E-state index in [2.05, 4.69) is 16.1 Å². The summed E-state index contributed by atoms with van der Waals surface area (Å²) in [7, 11) is 0. The number of hydrazine groups is 1. The standard InChI is InChI=1S/C12H14BrClN2O4/c1-3-4-12(18)20-16(19-9(2)17)15(13)11-7-5-10(14)6-8-11/h5-8H,3-4H2,1-2H3. The summed E-state index contributed by atoms with van der Waals surface area (Å²) >= 11 is 8.93. The topological polar surface area (TPSA) is 59.1 Å². The smallest absolute Gasteiger partial charge is 0.314 e. The zero-order valence-electron chi connectivity index (χ0n) is 11.0. The number of carbonyl (C=O) groups is 2. The molecular formula is C12H14BrClN2O4. The van der Waals surface area contributed by atoms with Gasteiger partial charge in [0.1, 0.15) is 0 Å². The maximum atomic E-state index is 11.5. The molecule has 0 N–H and O–H groups in total. The second-order valence-corrected chi connectivity index (χ2v) is 4.88. The van der Waals surface area contributed by atoms with Gasteiger partial charge in [-0.2, -0.15) is 4.03 Å². The fraction of sp³-hybridized carbons (Fsp3) is 0.333. The molecule has 0 aliphatic rings. The molecule has 0 aromatic heterocycles. The lowest BCUT2D eigenvalue weighted by atomic mass is 10.3. The van der Waals surface area contributed by atoms with Gasteiger partial charge in [0.25, 0.3) is 0 Å². The first kappa shape index (κ1) is 16.7. The Morgan fingerprint density at radius 3 is 2.35 bits per heavy atom. The summed E-state index contributed by atoms with van der Waals surface area (Å²) in [6.45, 7) is 3.03. The number of rotatable bonds is 6. The summed E-state index contributed by atoms with van der Waals surface area (Å²) in [5, 5.41) is 1.22. The van der Waals surface area contributed by atoms with Gasteiger partial charge in [-0.15, -0.1) is 0 Å². The Hall–Kier alpha value is -1.31. The summed E-state index contributed by atoms with van der Waals surface area (Å²) in [6, 6.07) is 6.60. The van der Waals surface area contributed by atoms with Gasteiger partial charge in [0.05, 0.1) is 21.8 Å². The van der Waals surface area contributed by atoms with E-state index in [0.29, 0.717) is 22.5 Å². The van der Waals surface area contributed by atoms with E-state index < -0.39 is 11.9 Å². The van der Waals surface area contributed by atoms with Crippen molar-refractivity contribution in [3.8, 4) is 0 Å². The molecule has 0 aliphatic heterocycles. The van der Waals surface area contributed by atoms with Crippen molar-refractivity contribution in [3.05, 3.63) is 29.3 Å². The number of benzene rings is 1. The molecule has 6 nitrogen and oxygen atoms in total. The number of nitrogens with zero attached hydrogens (tertiary/aromatic N) is 2. The van der Waals surface area contributed by atoms with Crippen molar-refractivity contribution in [1.29, 1.82) is 0 Å². The average molecular weight is 366 g/mol. The molecular weight excluding hydrogens is 351 g/mol. The van der Waals surface area contributed by atoms with Gasteiger partial charge in [-0.1, -0.05) is 18.5 Å². The van der Waals surface area contributed by atoms with Crippen molar-refractivity contribution in [2.75, 3.05) is 4.03 Å². The number of halogens is 2. The number of hydrogen-bond donors (Lipinski definition) is 0. The third-order valence-electron chi connectivity index (χ3n) is 2.02. The highest BCUT2D eigenvalue weighted by Gasteiger charge is 2.22.